The van der Waals surface area contributed by atoms with Crippen molar-refractivity contribution in [1.82, 2.24) is 9.38 Å². The molecule has 21 heavy (non-hydrogen) atoms. The topological polar surface area (TPSA) is 26.5 Å². The molecule has 1 aromatic carbocycles. The van der Waals surface area contributed by atoms with Gasteiger partial charge in [0, 0.05) is 16.9 Å². The van der Waals surface area contributed by atoms with Gasteiger partial charge in [-0.3, -0.25) is 4.40 Å². The quantitative estimate of drug-likeness (QED) is 0.594. The summed E-state index contributed by atoms with van der Waals surface area (Å²) < 4.78 is 46.1. The normalized spacial score (nSPS) is 12.0. The number of thiazole rings is 1. The molecule has 3 rings (SSSR count). The van der Waals surface area contributed by atoms with Gasteiger partial charge in [-0.25, -0.2) is 0 Å². The number of aromatic nitrogens is 2. The third kappa shape index (κ3) is 2.65. The molecular formula is C13H8BrF3N2OS. The third-order valence-electron chi connectivity index (χ3n) is 2.85. The first-order chi connectivity index (χ1) is 10.0. The molecule has 110 valence electrons. The molecular weight excluding hydrogens is 369 g/mol. The minimum Gasteiger partial charge on any atom is -0.437 e. The van der Waals surface area contributed by atoms with Crippen LogP contribution in [-0.4, -0.2) is 9.38 Å². The highest BCUT2D eigenvalue weighted by molar-refractivity contribution is 9.08. The van der Waals surface area contributed by atoms with Crippen molar-refractivity contribution in [2.75, 3.05) is 0 Å². The third-order valence-corrected chi connectivity index (χ3v) is 4.14. The summed E-state index contributed by atoms with van der Waals surface area (Å²) in [7, 11) is 0. The maximum atomic E-state index is 13.0. The monoisotopic (exact) mass is 376 g/mol. The molecule has 0 bridgehead atoms. The molecule has 3 nitrogen and oxygen atoms in total. The van der Waals surface area contributed by atoms with Crippen LogP contribution in [0.5, 0.6) is 11.6 Å². The van der Waals surface area contributed by atoms with E-state index in [4.69, 9.17) is 4.74 Å². The van der Waals surface area contributed by atoms with Crippen LogP contribution in [0.3, 0.4) is 0 Å². The number of alkyl halides is 4. The fourth-order valence-corrected chi connectivity index (χ4v) is 3.14. The Balaban J connectivity index is 2.05. The Bertz CT molecular complexity index is 781. The van der Waals surface area contributed by atoms with Gasteiger partial charge in [0.15, 0.2) is 4.96 Å². The molecule has 8 heteroatoms. The zero-order valence-corrected chi connectivity index (χ0v) is 12.8. The molecule has 0 amide bonds. The van der Waals surface area contributed by atoms with Crippen LogP contribution >= 0.6 is 27.3 Å². The number of imidazole rings is 1. The van der Waals surface area contributed by atoms with E-state index >= 15 is 0 Å². The number of hydrogen-bond acceptors (Lipinski definition) is 3. The summed E-state index contributed by atoms with van der Waals surface area (Å²) in [5.74, 6) is -0.0756. The highest BCUT2D eigenvalue weighted by Crippen LogP contribution is 2.39. The van der Waals surface area contributed by atoms with Crippen molar-refractivity contribution in [3.05, 3.63) is 47.1 Å². The Morgan fingerprint density at radius 1 is 1.29 bits per heavy atom. The summed E-state index contributed by atoms with van der Waals surface area (Å²) in [5, 5.41) is 2.27. The lowest BCUT2D eigenvalue weighted by atomic mass is 10.2. The number of para-hydroxylation sites is 1. The van der Waals surface area contributed by atoms with Gasteiger partial charge in [-0.15, -0.1) is 11.3 Å². The van der Waals surface area contributed by atoms with Crippen LogP contribution < -0.4 is 4.74 Å². The fourth-order valence-electron chi connectivity index (χ4n) is 1.91. The summed E-state index contributed by atoms with van der Waals surface area (Å²) in [6, 6.07) is 5.10. The number of ether oxygens (including phenoxy) is 1. The molecule has 0 aliphatic heterocycles. The lowest BCUT2D eigenvalue weighted by Crippen LogP contribution is -2.07. The molecule has 2 heterocycles. The average molecular weight is 377 g/mol. The van der Waals surface area contributed by atoms with Gasteiger partial charge in [-0.2, -0.15) is 18.2 Å². The first-order valence-electron chi connectivity index (χ1n) is 5.85. The minimum absolute atomic E-state index is 0.176. The SMILES string of the molecule is FC(F)(F)c1ccccc1Oc1nc2sccn2c1CBr. The number of fused-ring (bicyclic) bond motifs is 1. The summed E-state index contributed by atoms with van der Waals surface area (Å²) in [5.41, 5.74) is -0.148. The van der Waals surface area contributed by atoms with Crippen LogP contribution in [0.25, 0.3) is 4.96 Å². The van der Waals surface area contributed by atoms with E-state index in [2.05, 4.69) is 20.9 Å². The standard InChI is InChI=1S/C13H8BrF3N2OS/c14-7-9-11(18-12-19(9)5-6-21-12)20-10-4-2-1-3-8(10)13(15,16)17/h1-6H,7H2. The van der Waals surface area contributed by atoms with Crippen molar-refractivity contribution in [2.24, 2.45) is 0 Å². The van der Waals surface area contributed by atoms with E-state index < -0.39 is 11.7 Å². The Morgan fingerprint density at radius 3 is 2.76 bits per heavy atom. The number of nitrogens with zero attached hydrogens (tertiary/aromatic N) is 2. The van der Waals surface area contributed by atoms with E-state index in [1.807, 2.05) is 5.38 Å². The predicted molar refractivity (Wildman–Crippen MR) is 77.2 cm³/mol. The van der Waals surface area contributed by atoms with Crippen molar-refractivity contribution < 1.29 is 17.9 Å². The molecule has 0 fully saturated rings. The van der Waals surface area contributed by atoms with E-state index in [1.165, 1.54) is 29.5 Å². The molecule has 0 N–H and O–H groups in total. The smallest absolute Gasteiger partial charge is 0.419 e. The Labute approximate surface area is 130 Å². The molecule has 0 atom stereocenters. The summed E-state index contributed by atoms with van der Waals surface area (Å²) >= 11 is 4.69. The van der Waals surface area contributed by atoms with E-state index in [9.17, 15) is 13.2 Å². The number of hydrogen-bond donors (Lipinski definition) is 0. The van der Waals surface area contributed by atoms with Gasteiger partial charge in [0.05, 0.1) is 11.3 Å². The molecule has 0 spiro atoms. The van der Waals surface area contributed by atoms with E-state index in [0.29, 0.717) is 16.0 Å². The van der Waals surface area contributed by atoms with E-state index in [0.717, 1.165) is 6.07 Å². The summed E-state index contributed by atoms with van der Waals surface area (Å²) in [6.07, 6.45) is -2.67. The van der Waals surface area contributed by atoms with Crippen molar-refractivity contribution in [1.29, 1.82) is 0 Å². The van der Waals surface area contributed by atoms with Crippen LogP contribution in [0, 0.1) is 0 Å². The molecule has 0 aliphatic rings. The maximum Gasteiger partial charge on any atom is 0.419 e. The average Bonchev–Trinajstić information content (AvgIpc) is 2.98. The van der Waals surface area contributed by atoms with Crippen molar-refractivity contribution >= 4 is 32.2 Å². The predicted octanol–water partition coefficient (Wildman–Crippen LogP) is 5.10. The number of rotatable bonds is 3. The van der Waals surface area contributed by atoms with Crippen LogP contribution in [-0.2, 0) is 11.5 Å². The molecule has 0 unspecified atom stereocenters. The van der Waals surface area contributed by atoms with E-state index in [1.54, 1.807) is 10.6 Å². The molecule has 0 radical (unpaired) electrons. The summed E-state index contributed by atoms with van der Waals surface area (Å²) in [4.78, 5) is 4.89. The molecule has 2 aromatic heterocycles. The molecule has 0 saturated heterocycles. The van der Waals surface area contributed by atoms with Gasteiger partial charge in [0.25, 0.3) is 0 Å². The van der Waals surface area contributed by atoms with E-state index in [-0.39, 0.29) is 11.6 Å². The largest absolute Gasteiger partial charge is 0.437 e. The van der Waals surface area contributed by atoms with Crippen molar-refractivity contribution in [2.45, 2.75) is 11.5 Å². The van der Waals surface area contributed by atoms with Gasteiger partial charge in [0.2, 0.25) is 5.88 Å². The van der Waals surface area contributed by atoms with Gasteiger partial charge in [0.1, 0.15) is 5.75 Å². The van der Waals surface area contributed by atoms with Crippen LogP contribution in [0.2, 0.25) is 0 Å². The van der Waals surface area contributed by atoms with Gasteiger partial charge >= 0.3 is 6.18 Å². The van der Waals surface area contributed by atoms with Crippen LogP contribution in [0.15, 0.2) is 35.8 Å². The van der Waals surface area contributed by atoms with Gasteiger partial charge in [-0.05, 0) is 12.1 Å². The van der Waals surface area contributed by atoms with Crippen LogP contribution in [0.4, 0.5) is 13.2 Å². The fraction of sp³-hybridized carbons (Fsp3) is 0.154. The molecule has 0 saturated carbocycles. The maximum absolute atomic E-state index is 13.0. The number of halogens is 4. The minimum atomic E-state index is -4.47. The zero-order valence-electron chi connectivity index (χ0n) is 10.4. The zero-order chi connectivity index (χ0) is 15.0. The van der Waals surface area contributed by atoms with Crippen molar-refractivity contribution in [3.8, 4) is 11.6 Å². The lowest BCUT2D eigenvalue weighted by molar-refractivity contribution is -0.138. The highest BCUT2D eigenvalue weighted by Gasteiger charge is 2.34. The Kier molecular flexibility index (Phi) is 3.66. The van der Waals surface area contributed by atoms with Crippen LogP contribution in [0.1, 0.15) is 11.3 Å². The Hall–Kier alpha value is -1.54. The first-order valence-corrected chi connectivity index (χ1v) is 7.85. The van der Waals surface area contributed by atoms with Gasteiger partial charge < -0.3 is 4.74 Å². The second kappa shape index (κ2) is 5.34. The lowest BCUT2D eigenvalue weighted by Gasteiger charge is -2.12. The molecule has 3 aromatic rings. The molecule has 0 aliphatic carbocycles. The number of benzene rings is 1. The highest BCUT2D eigenvalue weighted by atomic mass is 79.9. The van der Waals surface area contributed by atoms with Gasteiger partial charge in [-0.1, -0.05) is 28.1 Å². The van der Waals surface area contributed by atoms with Crippen molar-refractivity contribution in [3.63, 3.8) is 0 Å². The first kappa shape index (κ1) is 14.4. The second-order valence-corrected chi connectivity index (χ2v) is 5.58. The second-order valence-electron chi connectivity index (χ2n) is 4.15. The Morgan fingerprint density at radius 2 is 2.05 bits per heavy atom. The summed E-state index contributed by atoms with van der Waals surface area (Å²) in [6.45, 7) is 0.